The molecule has 1 saturated heterocycles. The minimum Gasteiger partial charge on any atom is -0.491 e. The van der Waals surface area contributed by atoms with Gasteiger partial charge in [0.2, 0.25) is 11.9 Å². The first kappa shape index (κ1) is 23.1. The van der Waals surface area contributed by atoms with Gasteiger partial charge in [0.05, 0.1) is 12.9 Å². The first-order chi connectivity index (χ1) is 17.0. The number of methoxy groups -OCH3 is 1. The molecule has 1 saturated carbocycles. The zero-order valence-electron chi connectivity index (χ0n) is 19.9. The van der Waals surface area contributed by atoms with Crippen LogP contribution in [-0.2, 0) is 9.53 Å². The second-order valence-electron chi connectivity index (χ2n) is 9.34. The second-order valence-corrected chi connectivity index (χ2v) is 9.34. The van der Waals surface area contributed by atoms with Crippen molar-refractivity contribution in [1.29, 1.82) is 0 Å². The van der Waals surface area contributed by atoms with E-state index in [0.29, 0.717) is 36.5 Å². The maximum atomic E-state index is 11.9. The van der Waals surface area contributed by atoms with Crippen molar-refractivity contribution in [1.82, 2.24) is 24.4 Å². The Morgan fingerprint density at radius 2 is 1.97 bits per heavy atom. The maximum Gasteiger partial charge on any atom is 0.245 e. The third kappa shape index (κ3) is 4.66. The molecule has 2 aliphatic rings. The predicted octanol–water partition coefficient (Wildman–Crippen LogP) is 3.31. The SMILES string of the molecule is C=CC(=O)N1CCC2(CC1)CC(n1cnc3c(N)nc(Nc4ccc(OCCOC)cc4)nc31)C2. The van der Waals surface area contributed by atoms with Crippen molar-refractivity contribution in [2.24, 2.45) is 5.41 Å². The summed E-state index contributed by atoms with van der Waals surface area (Å²) in [6.45, 7) is 6.22. The lowest BCUT2D eigenvalue weighted by Gasteiger charge is -2.52. The molecular formula is C25H31N7O3. The number of nitrogens with zero attached hydrogens (tertiary/aromatic N) is 5. The topological polar surface area (TPSA) is 120 Å². The largest absolute Gasteiger partial charge is 0.491 e. The zero-order chi connectivity index (χ0) is 24.4. The molecule has 3 N–H and O–H groups in total. The zero-order valence-corrected chi connectivity index (χ0v) is 19.9. The molecule has 35 heavy (non-hydrogen) atoms. The predicted molar refractivity (Wildman–Crippen MR) is 134 cm³/mol. The van der Waals surface area contributed by atoms with Crippen LogP contribution in [-0.4, -0.2) is 63.7 Å². The Hall–Kier alpha value is -3.66. The fourth-order valence-corrected chi connectivity index (χ4v) is 5.14. The van der Waals surface area contributed by atoms with E-state index in [1.165, 1.54) is 6.08 Å². The minimum absolute atomic E-state index is 0.0248. The lowest BCUT2D eigenvalue weighted by Crippen LogP contribution is -2.48. The molecular weight excluding hydrogens is 446 g/mol. The molecule has 2 aromatic heterocycles. The van der Waals surface area contributed by atoms with Gasteiger partial charge >= 0.3 is 0 Å². The number of likely N-dealkylation sites (tertiary alicyclic amines) is 1. The van der Waals surface area contributed by atoms with Crippen LogP contribution in [0.5, 0.6) is 5.75 Å². The van der Waals surface area contributed by atoms with Gasteiger partial charge in [0.25, 0.3) is 0 Å². The molecule has 2 fully saturated rings. The van der Waals surface area contributed by atoms with Gasteiger partial charge in [-0.1, -0.05) is 6.58 Å². The van der Waals surface area contributed by atoms with Crippen molar-refractivity contribution in [3.63, 3.8) is 0 Å². The number of fused-ring (bicyclic) bond motifs is 1. The Bertz CT molecular complexity index is 1210. The Morgan fingerprint density at radius 3 is 2.66 bits per heavy atom. The van der Waals surface area contributed by atoms with Gasteiger partial charge in [-0.15, -0.1) is 0 Å². The summed E-state index contributed by atoms with van der Waals surface area (Å²) in [5.41, 5.74) is 8.69. The summed E-state index contributed by atoms with van der Waals surface area (Å²) < 4.78 is 12.7. The monoisotopic (exact) mass is 477 g/mol. The van der Waals surface area contributed by atoms with Crippen molar-refractivity contribution in [2.45, 2.75) is 31.7 Å². The summed E-state index contributed by atoms with van der Waals surface area (Å²) in [7, 11) is 1.64. The molecule has 3 aromatic rings. The average molecular weight is 478 g/mol. The minimum atomic E-state index is 0.0248. The van der Waals surface area contributed by atoms with Crippen LogP contribution >= 0.6 is 0 Å². The number of piperidine rings is 1. The van der Waals surface area contributed by atoms with E-state index in [2.05, 4.69) is 26.4 Å². The van der Waals surface area contributed by atoms with Gasteiger partial charge in [-0.3, -0.25) is 4.79 Å². The lowest BCUT2D eigenvalue weighted by molar-refractivity contribution is -0.130. The number of nitrogens with one attached hydrogen (secondary N) is 1. The molecule has 1 aliphatic heterocycles. The van der Waals surface area contributed by atoms with Gasteiger partial charge in [0, 0.05) is 31.9 Å². The number of nitrogens with two attached hydrogens (primary N) is 1. The number of carbonyl (C=O) groups is 1. The normalized spacial score (nSPS) is 17.3. The Balaban J connectivity index is 1.27. The number of rotatable bonds is 8. The van der Waals surface area contributed by atoms with Crippen LogP contribution in [0.1, 0.15) is 31.7 Å². The fraction of sp³-hybridized carbons (Fsp3) is 0.440. The van der Waals surface area contributed by atoms with Crippen LogP contribution in [0.3, 0.4) is 0 Å². The molecule has 0 bridgehead atoms. The number of benzene rings is 1. The van der Waals surface area contributed by atoms with Gasteiger partial charge in [-0.05, 0) is 61.4 Å². The number of nitrogen functional groups attached to an aromatic ring is 1. The van der Waals surface area contributed by atoms with Gasteiger partial charge in [0.1, 0.15) is 17.9 Å². The van der Waals surface area contributed by atoms with Crippen LogP contribution < -0.4 is 15.8 Å². The second kappa shape index (κ2) is 9.53. The standard InChI is InChI=1S/C25H31N7O3/c1-3-20(33)31-10-8-25(9-11-31)14-18(15-25)32-16-27-21-22(26)29-24(30-23(21)32)28-17-4-6-19(7-5-17)35-13-12-34-2/h3-7,16,18H,1,8-15H2,2H3,(H3,26,28,29,30). The molecule has 184 valence electrons. The summed E-state index contributed by atoms with van der Waals surface area (Å²) in [5.74, 6) is 1.56. The number of amides is 1. The Labute approximate surface area is 204 Å². The Morgan fingerprint density at radius 1 is 1.23 bits per heavy atom. The molecule has 1 spiro atoms. The number of hydrogen-bond donors (Lipinski definition) is 2. The van der Waals surface area contributed by atoms with Crippen LogP contribution in [0.2, 0.25) is 0 Å². The summed E-state index contributed by atoms with van der Waals surface area (Å²) in [6, 6.07) is 7.88. The highest BCUT2D eigenvalue weighted by molar-refractivity contribution is 5.87. The number of ether oxygens (including phenoxy) is 2. The van der Waals surface area contributed by atoms with E-state index >= 15 is 0 Å². The first-order valence-corrected chi connectivity index (χ1v) is 11.9. The molecule has 0 atom stereocenters. The van der Waals surface area contributed by atoms with E-state index in [1.54, 1.807) is 7.11 Å². The van der Waals surface area contributed by atoms with Crippen LogP contribution in [0.4, 0.5) is 17.5 Å². The van der Waals surface area contributed by atoms with Crippen molar-refractivity contribution < 1.29 is 14.3 Å². The van der Waals surface area contributed by atoms with E-state index in [1.807, 2.05) is 35.5 Å². The van der Waals surface area contributed by atoms with Crippen molar-refractivity contribution in [3.8, 4) is 5.75 Å². The average Bonchev–Trinajstić information content (AvgIpc) is 3.27. The third-order valence-electron chi connectivity index (χ3n) is 7.16. The molecule has 1 aliphatic carbocycles. The number of imidazole rings is 1. The lowest BCUT2D eigenvalue weighted by atomic mass is 9.60. The molecule has 1 amide bonds. The van der Waals surface area contributed by atoms with Gasteiger partial charge in [-0.25, -0.2) is 4.98 Å². The molecule has 0 radical (unpaired) electrons. The highest BCUT2D eigenvalue weighted by atomic mass is 16.5. The van der Waals surface area contributed by atoms with Crippen molar-refractivity contribution in [3.05, 3.63) is 43.2 Å². The summed E-state index contributed by atoms with van der Waals surface area (Å²) >= 11 is 0. The maximum absolute atomic E-state index is 11.9. The quantitative estimate of drug-likeness (QED) is 0.375. The summed E-state index contributed by atoms with van der Waals surface area (Å²) in [5, 5.41) is 3.23. The highest BCUT2D eigenvalue weighted by Gasteiger charge is 2.47. The molecule has 0 unspecified atom stereocenters. The molecule has 1 aromatic carbocycles. The molecule has 5 rings (SSSR count). The van der Waals surface area contributed by atoms with E-state index < -0.39 is 0 Å². The van der Waals surface area contributed by atoms with Crippen LogP contribution in [0.25, 0.3) is 11.2 Å². The van der Waals surface area contributed by atoms with Gasteiger partial charge in [-0.2, -0.15) is 9.97 Å². The number of anilines is 3. The van der Waals surface area contributed by atoms with E-state index in [-0.39, 0.29) is 11.3 Å². The molecule has 3 heterocycles. The first-order valence-electron chi connectivity index (χ1n) is 11.9. The molecule has 10 heteroatoms. The smallest absolute Gasteiger partial charge is 0.245 e. The third-order valence-corrected chi connectivity index (χ3v) is 7.16. The van der Waals surface area contributed by atoms with Gasteiger partial charge in [0.15, 0.2) is 11.5 Å². The highest BCUT2D eigenvalue weighted by Crippen LogP contribution is 2.55. The number of carbonyl (C=O) groups excluding carboxylic acids is 1. The van der Waals surface area contributed by atoms with E-state index in [0.717, 1.165) is 55.9 Å². The molecule has 10 nitrogen and oxygen atoms in total. The van der Waals surface area contributed by atoms with Crippen molar-refractivity contribution >= 4 is 34.5 Å². The van der Waals surface area contributed by atoms with Crippen LogP contribution in [0, 0.1) is 5.41 Å². The van der Waals surface area contributed by atoms with E-state index in [9.17, 15) is 4.79 Å². The summed E-state index contributed by atoms with van der Waals surface area (Å²) in [4.78, 5) is 27.4. The van der Waals surface area contributed by atoms with Gasteiger partial charge < -0.3 is 30.0 Å². The fourth-order valence-electron chi connectivity index (χ4n) is 5.14. The van der Waals surface area contributed by atoms with Crippen molar-refractivity contribution in [2.75, 3.05) is 44.5 Å². The summed E-state index contributed by atoms with van der Waals surface area (Å²) in [6.07, 6.45) is 7.35. The van der Waals surface area contributed by atoms with E-state index in [4.69, 9.17) is 20.2 Å². The number of aromatic nitrogens is 4. The Kier molecular flexibility index (Phi) is 6.29. The van der Waals surface area contributed by atoms with Crippen LogP contribution in [0.15, 0.2) is 43.2 Å². The number of hydrogen-bond acceptors (Lipinski definition) is 8.